The Hall–Kier alpha value is -0.790. The van der Waals surface area contributed by atoms with Crippen molar-refractivity contribution in [1.82, 2.24) is 5.32 Å². The zero-order valence-corrected chi connectivity index (χ0v) is 6.35. The number of rotatable bonds is 3. The molecule has 0 aliphatic heterocycles. The molecule has 0 amide bonds. The highest BCUT2D eigenvalue weighted by molar-refractivity contribution is 5.89. The lowest BCUT2D eigenvalue weighted by atomic mass is 9.93. The molecular weight excluding hydrogens is 124 g/mol. The van der Waals surface area contributed by atoms with Crippen LogP contribution in [0.1, 0.15) is 26.2 Å². The van der Waals surface area contributed by atoms with Crippen molar-refractivity contribution in [2.24, 2.45) is 0 Å². The van der Waals surface area contributed by atoms with Gasteiger partial charge in [0.25, 0.3) is 0 Å². The molecule has 1 fully saturated rings. The van der Waals surface area contributed by atoms with Gasteiger partial charge < -0.3 is 10.7 Å². The van der Waals surface area contributed by atoms with Crippen LogP contribution in [0.5, 0.6) is 0 Å². The van der Waals surface area contributed by atoms with Crippen molar-refractivity contribution < 1.29 is 0 Å². The molecule has 0 radical (unpaired) electrons. The van der Waals surface area contributed by atoms with E-state index in [1.807, 2.05) is 6.20 Å². The fourth-order valence-corrected chi connectivity index (χ4v) is 0.884. The summed E-state index contributed by atoms with van der Waals surface area (Å²) >= 11 is 0. The highest BCUT2D eigenvalue weighted by atomic mass is 14.9. The van der Waals surface area contributed by atoms with Gasteiger partial charge >= 0.3 is 0 Å². The van der Waals surface area contributed by atoms with Crippen LogP contribution >= 0.6 is 0 Å². The Morgan fingerprint density at radius 2 is 2.30 bits per heavy atom. The summed E-state index contributed by atoms with van der Waals surface area (Å²) in [4.78, 5) is 0. The average Bonchev–Trinajstić information content (AvgIpc) is 1.75. The first-order chi connectivity index (χ1) is 4.79. The molecule has 0 atom stereocenters. The molecule has 56 valence electrons. The molecule has 2 nitrogen and oxygen atoms in total. The van der Waals surface area contributed by atoms with Gasteiger partial charge in [-0.05, 0) is 38.5 Å². The first kappa shape index (κ1) is 7.32. The lowest BCUT2D eigenvalue weighted by Gasteiger charge is -2.25. The van der Waals surface area contributed by atoms with Crippen LogP contribution in [-0.4, -0.2) is 11.8 Å². The molecule has 0 saturated heterocycles. The molecule has 1 aliphatic rings. The molecule has 0 unspecified atom stereocenters. The predicted molar refractivity (Wildman–Crippen MR) is 43.3 cm³/mol. The van der Waals surface area contributed by atoms with Crippen LogP contribution in [0.25, 0.3) is 0 Å². The van der Waals surface area contributed by atoms with Gasteiger partial charge in [-0.2, -0.15) is 0 Å². The van der Waals surface area contributed by atoms with E-state index in [-0.39, 0.29) is 0 Å². The van der Waals surface area contributed by atoms with Crippen LogP contribution in [0.3, 0.4) is 0 Å². The van der Waals surface area contributed by atoms with Gasteiger partial charge in [-0.1, -0.05) is 0 Å². The van der Waals surface area contributed by atoms with Gasteiger partial charge in [-0.15, -0.1) is 0 Å². The number of hydrogen-bond donors (Lipinski definition) is 2. The second-order valence-corrected chi connectivity index (χ2v) is 2.81. The molecule has 2 heteroatoms. The van der Waals surface area contributed by atoms with Crippen LogP contribution in [0.2, 0.25) is 0 Å². The average molecular weight is 138 g/mol. The fraction of sp³-hybridized carbons (Fsp3) is 0.625. The molecule has 0 heterocycles. The Balaban J connectivity index is 2.08. The summed E-state index contributed by atoms with van der Waals surface area (Å²) in [6.45, 7) is 1.78. The monoisotopic (exact) mass is 138 g/mol. The second-order valence-electron chi connectivity index (χ2n) is 2.81. The zero-order valence-electron chi connectivity index (χ0n) is 6.35. The van der Waals surface area contributed by atoms with E-state index in [1.54, 1.807) is 13.0 Å². The summed E-state index contributed by atoms with van der Waals surface area (Å²) in [5, 5.41) is 10.3. The highest BCUT2D eigenvalue weighted by Gasteiger charge is 2.14. The van der Waals surface area contributed by atoms with Gasteiger partial charge in [0.2, 0.25) is 0 Å². The third-order valence-corrected chi connectivity index (χ3v) is 1.77. The minimum atomic E-state index is 0.604. The Morgan fingerprint density at radius 1 is 1.60 bits per heavy atom. The summed E-state index contributed by atoms with van der Waals surface area (Å²) in [5.74, 6) is 0. The molecule has 2 N–H and O–H groups in total. The Kier molecular flexibility index (Phi) is 2.49. The fourth-order valence-electron chi connectivity index (χ4n) is 0.884. The van der Waals surface area contributed by atoms with Crippen molar-refractivity contribution >= 4 is 5.71 Å². The van der Waals surface area contributed by atoms with Crippen molar-refractivity contribution in [3.8, 4) is 0 Å². The Morgan fingerprint density at radius 3 is 2.70 bits per heavy atom. The first-order valence-electron chi connectivity index (χ1n) is 3.77. The largest absolute Gasteiger partial charge is 0.388 e. The molecular formula is C8H14N2. The molecule has 0 bridgehead atoms. The molecule has 0 spiro atoms. The van der Waals surface area contributed by atoms with Gasteiger partial charge in [0.05, 0.1) is 0 Å². The van der Waals surface area contributed by atoms with Gasteiger partial charge in [-0.25, -0.2) is 0 Å². The standard InChI is InChI=1S/C8H14N2/c1-7(9)5-6-10-8-3-2-4-8/h5-6,8-10H,2-4H2,1H3/b6-5-,9-7?. The van der Waals surface area contributed by atoms with Gasteiger partial charge in [0, 0.05) is 11.8 Å². The molecule has 1 aliphatic carbocycles. The van der Waals surface area contributed by atoms with E-state index in [9.17, 15) is 0 Å². The number of allylic oxidation sites excluding steroid dienone is 1. The third-order valence-electron chi connectivity index (χ3n) is 1.77. The minimum absolute atomic E-state index is 0.604. The topological polar surface area (TPSA) is 35.9 Å². The minimum Gasteiger partial charge on any atom is -0.388 e. The van der Waals surface area contributed by atoms with Crippen molar-refractivity contribution in [2.75, 3.05) is 0 Å². The zero-order chi connectivity index (χ0) is 7.40. The van der Waals surface area contributed by atoms with Crippen LogP contribution < -0.4 is 5.32 Å². The summed E-state index contributed by atoms with van der Waals surface area (Å²) in [5.41, 5.74) is 0.604. The Bertz CT molecular complexity index is 145. The number of nitrogens with one attached hydrogen (secondary N) is 2. The van der Waals surface area contributed by atoms with Crippen LogP contribution in [0, 0.1) is 5.41 Å². The van der Waals surface area contributed by atoms with E-state index in [1.165, 1.54) is 19.3 Å². The quantitative estimate of drug-likeness (QED) is 0.572. The van der Waals surface area contributed by atoms with Crippen molar-refractivity contribution in [2.45, 2.75) is 32.2 Å². The smallest absolute Gasteiger partial charge is 0.0297 e. The molecule has 0 aromatic carbocycles. The maximum Gasteiger partial charge on any atom is 0.0297 e. The maximum absolute atomic E-state index is 7.09. The molecule has 0 aromatic rings. The summed E-state index contributed by atoms with van der Waals surface area (Å²) in [7, 11) is 0. The summed E-state index contributed by atoms with van der Waals surface area (Å²) in [6, 6.07) is 0.690. The third kappa shape index (κ3) is 2.21. The molecule has 1 rings (SSSR count). The van der Waals surface area contributed by atoms with E-state index in [0.717, 1.165) is 0 Å². The van der Waals surface area contributed by atoms with Gasteiger partial charge in [0.1, 0.15) is 0 Å². The van der Waals surface area contributed by atoms with Crippen molar-refractivity contribution in [3.63, 3.8) is 0 Å². The van der Waals surface area contributed by atoms with Gasteiger partial charge in [-0.3, -0.25) is 0 Å². The van der Waals surface area contributed by atoms with E-state index < -0.39 is 0 Å². The van der Waals surface area contributed by atoms with Crippen molar-refractivity contribution in [3.05, 3.63) is 12.3 Å². The van der Waals surface area contributed by atoms with E-state index in [4.69, 9.17) is 5.41 Å². The number of hydrogen-bond acceptors (Lipinski definition) is 2. The van der Waals surface area contributed by atoms with Crippen molar-refractivity contribution in [1.29, 1.82) is 5.41 Å². The van der Waals surface area contributed by atoms with Crippen LogP contribution in [0.15, 0.2) is 12.3 Å². The Labute approximate surface area is 61.8 Å². The van der Waals surface area contributed by atoms with Gasteiger partial charge in [0.15, 0.2) is 0 Å². The lowest BCUT2D eigenvalue weighted by Crippen LogP contribution is -2.31. The first-order valence-corrected chi connectivity index (χ1v) is 3.77. The normalized spacial score (nSPS) is 18.9. The van der Waals surface area contributed by atoms with E-state index >= 15 is 0 Å². The van der Waals surface area contributed by atoms with Crippen LogP contribution in [-0.2, 0) is 0 Å². The van der Waals surface area contributed by atoms with E-state index in [0.29, 0.717) is 11.8 Å². The molecule has 1 saturated carbocycles. The van der Waals surface area contributed by atoms with Crippen LogP contribution in [0.4, 0.5) is 0 Å². The second kappa shape index (κ2) is 3.40. The predicted octanol–water partition coefficient (Wildman–Crippen LogP) is 1.68. The molecule has 10 heavy (non-hydrogen) atoms. The molecule has 0 aromatic heterocycles. The SMILES string of the molecule is CC(=N)/C=C\NC1CCC1. The lowest BCUT2D eigenvalue weighted by molar-refractivity contribution is 0.373. The van der Waals surface area contributed by atoms with E-state index in [2.05, 4.69) is 5.32 Å². The maximum atomic E-state index is 7.09. The summed E-state index contributed by atoms with van der Waals surface area (Å²) < 4.78 is 0. The summed E-state index contributed by atoms with van der Waals surface area (Å²) in [6.07, 6.45) is 7.61. The highest BCUT2D eigenvalue weighted by Crippen LogP contribution is 2.17.